The summed E-state index contributed by atoms with van der Waals surface area (Å²) in [6.45, 7) is 0. The number of hydrogen-bond donors (Lipinski definition) is 1. The highest BCUT2D eigenvalue weighted by atomic mass is 35.5. The van der Waals surface area contributed by atoms with Crippen LogP contribution in [0.15, 0.2) is 89.1 Å². The maximum atomic E-state index is 12.7. The molecule has 0 fully saturated rings. The van der Waals surface area contributed by atoms with Gasteiger partial charge in [-0.15, -0.1) is 11.3 Å². The van der Waals surface area contributed by atoms with Crippen LogP contribution < -0.4 is 4.72 Å². The Morgan fingerprint density at radius 1 is 0.821 bits per heavy atom. The number of thiazole rings is 1. The van der Waals surface area contributed by atoms with Gasteiger partial charge in [0.2, 0.25) is 0 Å². The molecule has 0 aliphatic rings. The van der Waals surface area contributed by atoms with Crippen molar-refractivity contribution in [3.05, 3.63) is 89.3 Å². The number of sulfonamides is 1. The standard InChI is InChI=1S/C21H15ClN2O2S2/c22-19-9-5-4-8-18(19)20-14-27-21(23-20)24-28(25,26)17-12-10-16(11-13-17)15-6-2-1-3-7-15/h1-14H,(H,23,24). The first-order valence-electron chi connectivity index (χ1n) is 8.42. The van der Waals surface area contributed by atoms with E-state index in [1.54, 1.807) is 35.7 Å². The van der Waals surface area contributed by atoms with Gasteiger partial charge in [-0.3, -0.25) is 4.72 Å². The molecule has 4 aromatic rings. The summed E-state index contributed by atoms with van der Waals surface area (Å²) in [7, 11) is -3.73. The summed E-state index contributed by atoms with van der Waals surface area (Å²) in [5.74, 6) is 0. The van der Waals surface area contributed by atoms with E-state index in [9.17, 15) is 8.42 Å². The van der Waals surface area contributed by atoms with Crippen molar-refractivity contribution in [2.24, 2.45) is 0 Å². The first kappa shape index (κ1) is 18.7. The van der Waals surface area contributed by atoms with Crippen LogP contribution in [0.1, 0.15) is 0 Å². The molecule has 0 saturated heterocycles. The Morgan fingerprint density at radius 3 is 2.18 bits per heavy atom. The smallest absolute Gasteiger partial charge is 0.255 e. The molecule has 0 spiro atoms. The number of nitrogens with one attached hydrogen (secondary N) is 1. The molecule has 0 saturated carbocycles. The second kappa shape index (κ2) is 7.75. The molecule has 0 radical (unpaired) electrons. The van der Waals surface area contributed by atoms with Crippen LogP contribution in [0.25, 0.3) is 22.4 Å². The van der Waals surface area contributed by atoms with Crippen molar-refractivity contribution < 1.29 is 8.42 Å². The fourth-order valence-electron chi connectivity index (χ4n) is 2.74. The Kier molecular flexibility index (Phi) is 5.17. The number of halogens is 1. The van der Waals surface area contributed by atoms with Crippen LogP contribution in [-0.2, 0) is 10.0 Å². The lowest BCUT2D eigenvalue weighted by Gasteiger charge is -2.07. The predicted molar refractivity (Wildman–Crippen MR) is 115 cm³/mol. The van der Waals surface area contributed by atoms with Crippen molar-refractivity contribution in [1.29, 1.82) is 0 Å². The van der Waals surface area contributed by atoms with Gasteiger partial charge in [0.15, 0.2) is 5.13 Å². The van der Waals surface area contributed by atoms with Crippen molar-refractivity contribution in [2.45, 2.75) is 4.90 Å². The van der Waals surface area contributed by atoms with Gasteiger partial charge in [0, 0.05) is 16.0 Å². The van der Waals surface area contributed by atoms with Gasteiger partial charge >= 0.3 is 0 Å². The van der Waals surface area contributed by atoms with Crippen LogP contribution in [0.4, 0.5) is 5.13 Å². The molecule has 0 aliphatic heterocycles. The molecule has 4 nitrogen and oxygen atoms in total. The number of anilines is 1. The highest BCUT2D eigenvalue weighted by molar-refractivity contribution is 7.93. The van der Waals surface area contributed by atoms with E-state index in [0.717, 1.165) is 16.7 Å². The summed E-state index contributed by atoms with van der Waals surface area (Å²) >= 11 is 7.40. The zero-order valence-electron chi connectivity index (χ0n) is 14.5. The van der Waals surface area contributed by atoms with Crippen molar-refractivity contribution in [2.75, 3.05) is 4.72 Å². The SMILES string of the molecule is O=S(=O)(Nc1nc(-c2ccccc2Cl)cs1)c1ccc(-c2ccccc2)cc1. The molecular formula is C21H15ClN2O2S2. The van der Waals surface area contributed by atoms with Crippen molar-refractivity contribution in [1.82, 2.24) is 4.98 Å². The van der Waals surface area contributed by atoms with Gasteiger partial charge in [0.25, 0.3) is 10.0 Å². The molecule has 0 aliphatic carbocycles. The van der Waals surface area contributed by atoms with E-state index in [-0.39, 0.29) is 4.90 Å². The first-order chi connectivity index (χ1) is 13.5. The molecule has 0 atom stereocenters. The third-order valence-electron chi connectivity index (χ3n) is 4.15. The van der Waals surface area contributed by atoms with Gasteiger partial charge in [0.1, 0.15) is 0 Å². The monoisotopic (exact) mass is 426 g/mol. The van der Waals surface area contributed by atoms with E-state index in [2.05, 4.69) is 9.71 Å². The van der Waals surface area contributed by atoms with Crippen LogP contribution in [0.2, 0.25) is 5.02 Å². The zero-order valence-corrected chi connectivity index (χ0v) is 16.9. The van der Waals surface area contributed by atoms with Crippen molar-refractivity contribution in [3.63, 3.8) is 0 Å². The van der Waals surface area contributed by atoms with E-state index in [1.165, 1.54) is 11.3 Å². The summed E-state index contributed by atoms with van der Waals surface area (Å²) in [4.78, 5) is 4.54. The molecule has 1 heterocycles. The predicted octanol–water partition coefficient (Wildman–Crippen LogP) is 5.93. The van der Waals surface area contributed by atoms with Crippen LogP contribution >= 0.6 is 22.9 Å². The first-order valence-corrected chi connectivity index (χ1v) is 11.2. The molecular weight excluding hydrogens is 412 g/mol. The van der Waals surface area contributed by atoms with E-state index >= 15 is 0 Å². The largest absolute Gasteiger partial charge is 0.263 e. The molecule has 4 rings (SSSR count). The lowest BCUT2D eigenvalue weighted by atomic mass is 10.1. The van der Waals surface area contributed by atoms with Gasteiger partial charge in [-0.25, -0.2) is 13.4 Å². The molecule has 140 valence electrons. The summed E-state index contributed by atoms with van der Waals surface area (Å²) < 4.78 is 27.9. The Balaban J connectivity index is 1.56. The molecule has 3 aromatic carbocycles. The van der Waals surface area contributed by atoms with Gasteiger partial charge in [-0.2, -0.15) is 0 Å². The van der Waals surface area contributed by atoms with E-state index in [0.29, 0.717) is 15.8 Å². The third kappa shape index (κ3) is 3.94. The Labute approximate surface area is 172 Å². The Bertz CT molecular complexity index is 1200. The van der Waals surface area contributed by atoms with Crippen LogP contribution in [0.5, 0.6) is 0 Å². The van der Waals surface area contributed by atoms with Gasteiger partial charge in [0.05, 0.1) is 10.6 Å². The lowest BCUT2D eigenvalue weighted by molar-refractivity contribution is 0.601. The van der Waals surface area contributed by atoms with Gasteiger partial charge in [-0.05, 0) is 29.3 Å². The van der Waals surface area contributed by atoms with Crippen LogP contribution in [0.3, 0.4) is 0 Å². The maximum Gasteiger partial charge on any atom is 0.263 e. The number of nitrogens with zero attached hydrogens (tertiary/aromatic N) is 1. The fourth-order valence-corrected chi connectivity index (χ4v) is 4.94. The summed E-state index contributed by atoms with van der Waals surface area (Å²) in [6, 6.07) is 23.9. The fraction of sp³-hybridized carbons (Fsp3) is 0. The zero-order chi connectivity index (χ0) is 19.6. The molecule has 1 aromatic heterocycles. The quantitative estimate of drug-likeness (QED) is 0.430. The molecule has 0 bridgehead atoms. The molecule has 7 heteroatoms. The number of benzene rings is 3. The lowest BCUT2D eigenvalue weighted by Crippen LogP contribution is -2.12. The maximum absolute atomic E-state index is 12.7. The average Bonchev–Trinajstić information content (AvgIpc) is 3.16. The minimum absolute atomic E-state index is 0.182. The topological polar surface area (TPSA) is 59.1 Å². The normalized spacial score (nSPS) is 11.3. The van der Waals surface area contributed by atoms with Crippen LogP contribution in [-0.4, -0.2) is 13.4 Å². The van der Waals surface area contributed by atoms with E-state index in [4.69, 9.17) is 11.6 Å². The Morgan fingerprint density at radius 2 is 1.46 bits per heavy atom. The second-order valence-corrected chi connectivity index (χ2v) is 8.96. The highest BCUT2D eigenvalue weighted by Gasteiger charge is 2.17. The minimum Gasteiger partial charge on any atom is -0.255 e. The van der Waals surface area contributed by atoms with E-state index in [1.807, 2.05) is 48.5 Å². The number of aromatic nitrogens is 1. The van der Waals surface area contributed by atoms with Gasteiger partial charge in [-0.1, -0.05) is 72.3 Å². The molecule has 28 heavy (non-hydrogen) atoms. The summed E-state index contributed by atoms with van der Waals surface area (Å²) in [6.07, 6.45) is 0. The molecule has 0 amide bonds. The number of hydrogen-bond acceptors (Lipinski definition) is 4. The molecule has 0 unspecified atom stereocenters. The second-order valence-electron chi connectivity index (χ2n) is 6.01. The molecule has 1 N–H and O–H groups in total. The summed E-state index contributed by atoms with van der Waals surface area (Å²) in [5.41, 5.74) is 3.38. The van der Waals surface area contributed by atoms with Gasteiger partial charge < -0.3 is 0 Å². The highest BCUT2D eigenvalue weighted by Crippen LogP contribution is 2.31. The Hall–Kier alpha value is -2.67. The average molecular weight is 427 g/mol. The number of rotatable bonds is 5. The minimum atomic E-state index is -3.73. The third-order valence-corrected chi connectivity index (χ3v) is 6.72. The van der Waals surface area contributed by atoms with Crippen molar-refractivity contribution in [3.8, 4) is 22.4 Å². The van der Waals surface area contributed by atoms with Crippen LogP contribution in [0, 0.1) is 0 Å². The van der Waals surface area contributed by atoms with E-state index < -0.39 is 10.0 Å². The summed E-state index contributed by atoms with van der Waals surface area (Å²) in [5, 5.41) is 2.64. The van der Waals surface area contributed by atoms with Crippen molar-refractivity contribution >= 4 is 38.1 Å².